The van der Waals surface area contributed by atoms with Gasteiger partial charge in [0.15, 0.2) is 0 Å². The summed E-state index contributed by atoms with van der Waals surface area (Å²) in [6.07, 6.45) is 4.88. The lowest BCUT2D eigenvalue weighted by atomic mass is 10.1. The first kappa shape index (κ1) is 19.3. The predicted octanol–water partition coefficient (Wildman–Crippen LogP) is 3.51. The van der Waals surface area contributed by atoms with Crippen LogP contribution >= 0.6 is 0 Å². The molecule has 1 saturated heterocycles. The number of pyridine rings is 1. The summed E-state index contributed by atoms with van der Waals surface area (Å²) in [4.78, 5) is 15.4. The van der Waals surface area contributed by atoms with Crippen LogP contribution in [0.3, 0.4) is 0 Å². The number of ether oxygens (including phenoxy) is 2. The number of rotatable bonds is 6. The molecule has 0 amide bonds. The number of hydrogen-bond donors (Lipinski definition) is 1. The van der Waals surface area contributed by atoms with Crippen LogP contribution in [0.5, 0.6) is 5.75 Å². The normalized spacial score (nSPS) is 17.1. The van der Waals surface area contributed by atoms with Crippen molar-refractivity contribution >= 4 is 11.6 Å². The summed E-state index contributed by atoms with van der Waals surface area (Å²) in [6, 6.07) is 12.2. The van der Waals surface area contributed by atoms with Crippen molar-refractivity contribution in [3.05, 3.63) is 71.8 Å². The molecule has 0 bridgehead atoms. The Kier molecular flexibility index (Phi) is 5.97. The summed E-state index contributed by atoms with van der Waals surface area (Å²) in [5.74, 6) is 2.32. The van der Waals surface area contributed by atoms with Crippen molar-refractivity contribution in [3.8, 4) is 5.75 Å². The zero-order chi connectivity index (χ0) is 20.1. The standard InChI is InChI=1S/C22H25N5O2/c1-16-6-7-17(19(12-16)28-2)14-27-10-11-29-20(15-27)18-4-3-5-21(25-18)26-22-13-23-8-9-24-22/h3-9,12-13,20H,10-11,14-15H2,1-2H3,(H,24,25,26)/t20-/m1/s1. The zero-order valence-electron chi connectivity index (χ0n) is 16.7. The first-order valence-corrected chi connectivity index (χ1v) is 9.69. The number of benzene rings is 1. The minimum atomic E-state index is -0.0798. The molecule has 4 rings (SSSR count). The van der Waals surface area contributed by atoms with Gasteiger partial charge in [-0.25, -0.2) is 9.97 Å². The Bertz CT molecular complexity index is 951. The molecule has 0 saturated carbocycles. The van der Waals surface area contributed by atoms with Crippen LogP contribution in [-0.2, 0) is 11.3 Å². The lowest BCUT2D eigenvalue weighted by molar-refractivity contribution is -0.0350. The van der Waals surface area contributed by atoms with E-state index >= 15 is 0 Å². The molecule has 7 nitrogen and oxygen atoms in total. The predicted molar refractivity (Wildman–Crippen MR) is 111 cm³/mol. The van der Waals surface area contributed by atoms with Crippen molar-refractivity contribution in [2.75, 3.05) is 32.1 Å². The fourth-order valence-corrected chi connectivity index (χ4v) is 3.44. The third-order valence-corrected chi connectivity index (χ3v) is 4.91. The Morgan fingerprint density at radius 3 is 2.97 bits per heavy atom. The molecule has 3 heterocycles. The van der Waals surface area contributed by atoms with E-state index in [0.29, 0.717) is 12.4 Å². The molecule has 0 unspecified atom stereocenters. The molecule has 0 spiro atoms. The van der Waals surface area contributed by atoms with Crippen molar-refractivity contribution < 1.29 is 9.47 Å². The largest absolute Gasteiger partial charge is 0.496 e. The van der Waals surface area contributed by atoms with Gasteiger partial charge in [-0.05, 0) is 30.7 Å². The van der Waals surface area contributed by atoms with E-state index in [2.05, 4.69) is 45.3 Å². The SMILES string of the molecule is COc1cc(C)ccc1CN1CCO[C@@H](c2cccc(Nc3cnccn3)n2)C1. The number of aromatic nitrogens is 3. The Labute approximate surface area is 170 Å². The average molecular weight is 391 g/mol. The van der Waals surface area contributed by atoms with Gasteiger partial charge in [-0.2, -0.15) is 0 Å². The van der Waals surface area contributed by atoms with E-state index < -0.39 is 0 Å². The summed E-state index contributed by atoms with van der Waals surface area (Å²) in [5.41, 5.74) is 3.28. The van der Waals surface area contributed by atoms with Crippen molar-refractivity contribution in [1.29, 1.82) is 0 Å². The van der Waals surface area contributed by atoms with Gasteiger partial charge in [0.05, 0.1) is 25.6 Å². The minimum absolute atomic E-state index is 0.0798. The van der Waals surface area contributed by atoms with Crippen LogP contribution in [-0.4, -0.2) is 46.7 Å². The highest BCUT2D eigenvalue weighted by Gasteiger charge is 2.24. The maximum atomic E-state index is 6.02. The average Bonchev–Trinajstić information content (AvgIpc) is 2.76. The van der Waals surface area contributed by atoms with Gasteiger partial charge >= 0.3 is 0 Å². The quantitative estimate of drug-likeness (QED) is 0.689. The maximum Gasteiger partial charge on any atom is 0.150 e. The fourth-order valence-electron chi connectivity index (χ4n) is 3.44. The molecule has 1 aliphatic rings. The van der Waals surface area contributed by atoms with Crippen LogP contribution in [0, 0.1) is 6.92 Å². The Morgan fingerprint density at radius 2 is 2.14 bits per heavy atom. The summed E-state index contributed by atoms with van der Waals surface area (Å²) < 4.78 is 11.6. The second kappa shape index (κ2) is 8.98. The molecule has 7 heteroatoms. The molecule has 1 fully saturated rings. The van der Waals surface area contributed by atoms with Crippen LogP contribution in [0.25, 0.3) is 0 Å². The van der Waals surface area contributed by atoms with Gasteiger partial charge in [0.1, 0.15) is 23.5 Å². The second-order valence-corrected chi connectivity index (χ2v) is 7.07. The van der Waals surface area contributed by atoms with Gasteiger partial charge in [0.2, 0.25) is 0 Å². The van der Waals surface area contributed by atoms with Crippen molar-refractivity contribution in [3.63, 3.8) is 0 Å². The van der Waals surface area contributed by atoms with E-state index in [1.165, 1.54) is 11.1 Å². The Balaban J connectivity index is 1.45. The van der Waals surface area contributed by atoms with E-state index in [4.69, 9.17) is 14.5 Å². The first-order valence-electron chi connectivity index (χ1n) is 9.69. The monoisotopic (exact) mass is 391 g/mol. The molecule has 1 atom stereocenters. The van der Waals surface area contributed by atoms with E-state index in [0.717, 1.165) is 36.9 Å². The van der Waals surface area contributed by atoms with Crippen LogP contribution < -0.4 is 10.1 Å². The highest BCUT2D eigenvalue weighted by atomic mass is 16.5. The number of nitrogens with one attached hydrogen (secondary N) is 1. The van der Waals surface area contributed by atoms with Crippen LogP contribution in [0.2, 0.25) is 0 Å². The Hall–Kier alpha value is -3.03. The van der Waals surface area contributed by atoms with Crippen LogP contribution in [0.1, 0.15) is 22.9 Å². The molecule has 1 aliphatic heterocycles. The maximum absolute atomic E-state index is 6.02. The highest BCUT2D eigenvalue weighted by molar-refractivity contribution is 5.50. The first-order chi connectivity index (χ1) is 14.2. The van der Waals surface area contributed by atoms with E-state index in [9.17, 15) is 0 Å². The third-order valence-electron chi connectivity index (χ3n) is 4.91. The second-order valence-electron chi connectivity index (χ2n) is 7.07. The molecular formula is C22H25N5O2. The fraction of sp³-hybridized carbons (Fsp3) is 0.318. The lowest BCUT2D eigenvalue weighted by Gasteiger charge is -2.33. The molecule has 3 aromatic rings. The molecule has 0 aliphatic carbocycles. The van der Waals surface area contributed by atoms with Crippen molar-refractivity contribution in [2.24, 2.45) is 0 Å². The number of anilines is 2. The van der Waals surface area contributed by atoms with Crippen LogP contribution in [0.4, 0.5) is 11.6 Å². The number of nitrogens with zero attached hydrogens (tertiary/aromatic N) is 4. The lowest BCUT2D eigenvalue weighted by Crippen LogP contribution is -2.38. The molecule has 150 valence electrons. The molecule has 2 aromatic heterocycles. The summed E-state index contributed by atoms with van der Waals surface area (Å²) >= 11 is 0. The van der Waals surface area contributed by atoms with E-state index in [-0.39, 0.29) is 6.10 Å². The topological polar surface area (TPSA) is 72.4 Å². The highest BCUT2D eigenvalue weighted by Crippen LogP contribution is 2.26. The number of hydrogen-bond acceptors (Lipinski definition) is 7. The van der Waals surface area contributed by atoms with Gasteiger partial charge in [0.25, 0.3) is 0 Å². The summed E-state index contributed by atoms with van der Waals surface area (Å²) in [5, 5.41) is 3.18. The minimum Gasteiger partial charge on any atom is -0.496 e. The van der Waals surface area contributed by atoms with Gasteiger partial charge in [0, 0.05) is 37.6 Å². The van der Waals surface area contributed by atoms with E-state index in [1.807, 2.05) is 18.2 Å². The van der Waals surface area contributed by atoms with E-state index in [1.54, 1.807) is 25.7 Å². The molecule has 29 heavy (non-hydrogen) atoms. The molecule has 1 aromatic carbocycles. The number of methoxy groups -OCH3 is 1. The zero-order valence-corrected chi connectivity index (χ0v) is 16.7. The third kappa shape index (κ3) is 4.88. The van der Waals surface area contributed by atoms with Crippen molar-refractivity contribution in [2.45, 2.75) is 19.6 Å². The number of aryl methyl sites for hydroxylation is 1. The summed E-state index contributed by atoms with van der Waals surface area (Å²) in [6.45, 7) is 5.22. The molecule has 1 N–H and O–H groups in total. The van der Waals surface area contributed by atoms with Crippen LogP contribution in [0.15, 0.2) is 55.0 Å². The van der Waals surface area contributed by atoms with Gasteiger partial charge < -0.3 is 14.8 Å². The Morgan fingerprint density at radius 1 is 1.21 bits per heavy atom. The van der Waals surface area contributed by atoms with Crippen molar-refractivity contribution in [1.82, 2.24) is 19.9 Å². The van der Waals surface area contributed by atoms with Gasteiger partial charge in [-0.3, -0.25) is 9.88 Å². The molecular weight excluding hydrogens is 366 g/mol. The molecule has 0 radical (unpaired) electrons. The summed E-state index contributed by atoms with van der Waals surface area (Å²) in [7, 11) is 1.72. The number of morpholine rings is 1. The van der Waals surface area contributed by atoms with Gasteiger partial charge in [-0.1, -0.05) is 18.2 Å². The smallest absolute Gasteiger partial charge is 0.150 e. The van der Waals surface area contributed by atoms with Gasteiger partial charge in [-0.15, -0.1) is 0 Å².